The zero-order chi connectivity index (χ0) is 9.56. The van der Waals surface area contributed by atoms with Crippen LogP contribution in [-0.4, -0.2) is 5.88 Å². The summed E-state index contributed by atoms with van der Waals surface area (Å²) < 4.78 is 0. The van der Waals surface area contributed by atoms with E-state index >= 15 is 0 Å². The predicted octanol–water partition coefficient (Wildman–Crippen LogP) is 4.24. The Morgan fingerprint density at radius 3 is 2.00 bits per heavy atom. The highest BCUT2D eigenvalue weighted by Crippen LogP contribution is 2.18. The first-order valence-corrected chi connectivity index (χ1v) is 5.45. The first-order chi connectivity index (χ1) is 5.65. The van der Waals surface area contributed by atoms with Crippen molar-refractivity contribution in [2.45, 2.75) is 40.5 Å². The summed E-state index contributed by atoms with van der Waals surface area (Å²) in [4.78, 5) is 0. The fourth-order valence-corrected chi connectivity index (χ4v) is 1.62. The Balaban J connectivity index is 4.24. The molecule has 0 radical (unpaired) electrons. The van der Waals surface area contributed by atoms with Gasteiger partial charge in [0.15, 0.2) is 0 Å². The second-order valence-corrected chi connectivity index (χ2v) is 3.87. The molecule has 0 nitrogen and oxygen atoms in total. The Morgan fingerprint density at radius 1 is 1.25 bits per heavy atom. The molecule has 12 heavy (non-hydrogen) atoms. The van der Waals surface area contributed by atoms with Gasteiger partial charge in [0.05, 0.1) is 0 Å². The molecule has 0 fully saturated rings. The maximum atomic E-state index is 5.85. The molecule has 0 aromatic heterocycles. The highest BCUT2D eigenvalue weighted by molar-refractivity contribution is 6.19. The maximum Gasteiger partial charge on any atom is 0.0436 e. The molecule has 72 valence electrons. The molecular formula is C11H21Cl. The van der Waals surface area contributed by atoms with Crippen molar-refractivity contribution in [3.05, 3.63) is 11.6 Å². The van der Waals surface area contributed by atoms with E-state index in [4.69, 9.17) is 11.6 Å². The minimum atomic E-state index is 0.600. The summed E-state index contributed by atoms with van der Waals surface area (Å²) in [5, 5.41) is 0. The summed E-state index contributed by atoms with van der Waals surface area (Å²) in [6.45, 7) is 8.88. The van der Waals surface area contributed by atoms with Gasteiger partial charge >= 0.3 is 0 Å². The van der Waals surface area contributed by atoms with Gasteiger partial charge in [0.2, 0.25) is 0 Å². The molecular weight excluding hydrogens is 168 g/mol. The number of hydrogen-bond donors (Lipinski definition) is 0. The summed E-state index contributed by atoms with van der Waals surface area (Å²) in [5.74, 6) is 2.01. The first-order valence-electron chi connectivity index (χ1n) is 4.92. The minimum Gasteiger partial charge on any atom is -0.122 e. The van der Waals surface area contributed by atoms with E-state index in [1.54, 1.807) is 0 Å². The van der Waals surface area contributed by atoms with Crippen LogP contribution in [0.3, 0.4) is 0 Å². The standard InChI is InChI=1S/C11H21Cl/c1-5-10(6-2)7-11(8-12)9(3)4/h7,9-10H,5-6,8H2,1-4H3. The quantitative estimate of drug-likeness (QED) is 0.447. The lowest BCUT2D eigenvalue weighted by Crippen LogP contribution is -2.00. The van der Waals surface area contributed by atoms with Crippen LogP contribution in [0.2, 0.25) is 0 Å². The van der Waals surface area contributed by atoms with Crippen molar-refractivity contribution in [2.24, 2.45) is 11.8 Å². The van der Waals surface area contributed by atoms with Crippen LogP contribution in [0.1, 0.15) is 40.5 Å². The largest absolute Gasteiger partial charge is 0.122 e. The lowest BCUT2D eigenvalue weighted by Gasteiger charge is -2.12. The van der Waals surface area contributed by atoms with Crippen LogP contribution in [0.15, 0.2) is 11.6 Å². The molecule has 0 aliphatic carbocycles. The third-order valence-electron chi connectivity index (χ3n) is 2.39. The number of rotatable bonds is 5. The van der Waals surface area contributed by atoms with Crippen LogP contribution in [-0.2, 0) is 0 Å². The summed E-state index contributed by atoms with van der Waals surface area (Å²) >= 11 is 5.85. The van der Waals surface area contributed by atoms with E-state index in [2.05, 4.69) is 33.8 Å². The van der Waals surface area contributed by atoms with Gasteiger partial charge in [-0.25, -0.2) is 0 Å². The van der Waals surface area contributed by atoms with Gasteiger partial charge in [0.25, 0.3) is 0 Å². The maximum absolute atomic E-state index is 5.85. The first kappa shape index (κ1) is 12.0. The van der Waals surface area contributed by atoms with Crippen molar-refractivity contribution in [2.75, 3.05) is 5.88 Å². The van der Waals surface area contributed by atoms with Gasteiger partial charge in [0.1, 0.15) is 0 Å². The molecule has 0 saturated carbocycles. The Labute approximate surface area is 82.0 Å². The van der Waals surface area contributed by atoms with Gasteiger partial charge in [-0.05, 0) is 24.7 Å². The second-order valence-electron chi connectivity index (χ2n) is 3.61. The Bertz CT molecular complexity index is 132. The summed E-state index contributed by atoms with van der Waals surface area (Å²) in [6, 6.07) is 0. The molecule has 0 N–H and O–H groups in total. The summed E-state index contributed by atoms with van der Waals surface area (Å²) in [7, 11) is 0. The normalized spacial score (nSPS) is 13.1. The van der Waals surface area contributed by atoms with Gasteiger partial charge in [-0.1, -0.05) is 39.3 Å². The van der Waals surface area contributed by atoms with E-state index < -0.39 is 0 Å². The Hall–Kier alpha value is 0.0300. The number of alkyl halides is 1. The lowest BCUT2D eigenvalue weighted by molar-refractivity contribution is 0.592. The second kappa shape index (κ2) is 6.54. The molecule has 0 unspecified atom stereocenters. The number of halogens is 1. The minimum absolute atomic E-state index is 0.600. The van der Waals surface area contributed by atoms with Crippen LogP contribution < -0.4 is 0 Å². The fourth-order valence-electron chi connectivity index (χ4n) is 1.22. The molecule has 0 heterocycles. The third kappa shape index (κ3) is 4.15. The molecule has 0 amide bonds. The number of hydrogen-bond acceptors (Lipinski definition) is 0. The average molecular weight is 189 g/mol. The fraction of sp³-hybridized carbons (Fsp3) is 0.818. The van der Waals surface area contributed by atoms with E-state index in [1.807, 2.05) is 0 Å². The van der Waals surface area contributed by atoms with E-state index in [0.717, 1.165) is 5.92 Å². The lowest BCUT2D eigenvalue weighted by atomic mass is 9.96. The zero-order valence-electron chi connectivity index (χ0n) is 8.73. The van der Waals surface area contributed by atoms with E-state index in [9.17, 15) is 0 Å². The molecule has 0 aromatic rings. The van der Waals surface area contributed by atoms with Gasteiger partial charge in [-0.3, -0.25) is 0 Å². The SMILES string of the molecule is CCC(C=C(CCl)C(C)C)CC. The molecule has 0 aliphatic heterocycles. The van der Waals surface area contributed by atoms with Gasteiger partial charge in [0, 0.05) is 5.88 Å². The van der Waals surface area contributed by atoms with Crippen molar-refractivity contribution in [1.82, 2.24) is 0 Å². The van der Waals surface area contributed by atoms with Crippen LogP contribution in [0.5, 0.6) is 0 Å². The van der Waals surface area contributed by atoms with Crippen molar-refractivity contribution in [1.29, 1.82) is 0 Å². The molecule has 0 rings (SSSR count). The third-order valence-corrected chi connectivity index (χ3v) is 2.70. The van der Waals surface area contributed by atoms with Gasteiger partial charge in [-0.15, -0.1) is 11.6 Å². The molecule has 0 aromatic carbocycles. The zero-order valence-corrected chi connectivity index (χ0v) is 9.49. The van der Waals surface area contributed by atoms with Crippen LogP contribution in [0, 0.1) is 11.8 Å². The highest BCUT2D eigenvalue weighted by atomic mass is 35.5. The van der Waals surface area contributed by atoms with E-state index in [0.29, 0.717) is 11.8 Å². The molecule has 1 heteroatoms. The predicted molar refractivity (Wildman–Crippen MR) is 57.7 cm³/mol. The van der Waals surface area contributed by atoms with Gasteiger partial charge < -0.3 is 0 Å². The highest BCUT2D eigenvalue weighted by Gasteiger charge is 2.05. The van der Waals surface area contributed by atoms with Crippen LogP contribution >= 0.6 is 11.6 Å². The molecule has 0 aliphatic rings. The summed E-state index contributed by atoms with van der Waals surface area (Å²) in [5.41, 5.74) is 1.39. The van der Waals surface area contributed by atoms with Crippen molar-refractivity contribution in [3.63, 3.8) is 0 Å². The van der Waals surface area contributed by atoms with E-state index in [1.165, 1.54) is 18.4 Å². The van der Waals surface area contributed by atoms with E-state index in [-0.39, 0.29) is 0 Å². The summed E-state index contributed by atoms with van der Waals surface area (Å²) in [6.07, 6.45) is 4.81. The molecule has 0 saturated heterocycles. The molecule has 0 bridgehead atoms. The topological polar surface area (TPSA) is 0 Å². The Morgan fingerprint density at radius 2 is 1.75 bits per heavy atom. The Kier molecular flexibility index (Phi) is 6.55. The average Bonchev–Trinajstić information content (AvgIpc) is 2.06. The van der Waals surface area contributed by atoms with Crippen LogP contribution in [0.4, 0.5) is 0 Å². The van der Waals surface area contributed by atoms with Crippen molar-refractivity contribution < 1.29 is 0 Å². The molecule has 0 atom stereocenters. The van der Waals surface area contributed by atoms with Crippen molar-refractivity contribution in [3.8, 4) is 0 Å². The smallest absolute Gasteiger partial charge is 0.0436 e. The van der Waals surface area contributed by atoms with Gasteiger partial charge in [-0.2, -0.15) is 0 Å². The van der Waals surface area contributed by atoms with Crippen LogP contribution in [0.25, 0.3) is 0 Å². The van der Waals surface area contributed by atoms with Crippen molar-refractivity contribution >= 4 is 11.6 Å². The molecule has 0 spiro atoms. The number of allylic oxidation sites excluding steroid dienone is 2. The monoisotopic (exact) mass is 188 g/mol.